The van der Waals surface area contributed by atoms with Gasteiger partial charge < -0.3 is 5.32 Å². The molecule has 2 aliphatic heterocycles. The number of sulfonamides is 1. The number of benzene rings is 2. The Balaban J connectivity index is 1.21. The average Bonchev–Trinajstić information content (AvgIpc) is 3.33. The van der Waals surface area contributed by atoms with Crippen molar-refractivity contribution in [1.82, 2.24) is 14.1 Å². The first-order chi connectivity index (χ1) is 16.0. The third-order valence-corrected chi connectivity index (χ3v) is 7.70. The molecule has 0 aliphatic carbocycles. The van der Waals surface area contributed by atoms with Gasteiger partial charge in [-0.05, 0) is 55.3 Å². The summed E-state index contributed by atoms with van der Waals surface area (Å²) in [5, 5.41) is 4.21. The van der Waals surface area contributed by atoms with E-state index in [0.29, 0.717) is 26.2 Å². The molecule has 2 saturated heterocycles. The summed E-state index contributed by atoms with van der Waals surface area (Å²) >= 11 is 0. The zero-order valence-electron chi connectivity index (χ0n) is 18.9. The van der Waals surface area contributed by atoms with Crippen LogP contribution in [0.2, 0.25) is 0 Å². The van der Waals surface area contributed by atoms with Crippen LogP contribution in [-0.4, -0.2) is 74.2 Å². The molecule has 2 aliphatic rings. The van der Waals surface area contributed by atoms with Gasteiger partial charge in [0.2, 0.25) is 15.9 Å². The predicted octanol–water partition coefficient (Wildman–Crippen LogP) is 2.84. The van der Waals surface area contributed by atoms with Crippen LogP contribution in [-0.2, 0) is 21.4 Å². The summed E-state index contributed by atoms with van der Waals surface area (Å²) < 4.78 is 26.7. The van der Waals surface area contributed by atoms with Crippen LogP contribution in [0.5, 0.6) is 0 Å². The van der Waals surface area contributed by atoms with Gasteiger partial charge in [0.1, 0.15) is 0 Å². The number of nitrogens with one attached hydrogen (secondary N) is 1. The third kappa shape index (κ3) is 6.98. The molecule has 0 spiro atoms. The van der Waals surface area contributed by atoms with Crippen molar-refractivity contribution in [3.05, 3.63) is 71.1 Å². The van der Waals surface area contributed by atoms with Crippen LogP contribution in [0.15, 0.2) is 60.0 Å². The monoisotopic (exact) mass is 468 g/mol. The molecule has 2 heterocycles. The van der Waals surface area contributed by atoms with Crippen LogP contribution in [0.3, 0.4) is 0 Å². The van der Waals surface area contributed by atoms with Crippen molar-refractivity contribution in [2.45, 2.75) is 19.4 Å². The van der Waals surface area contributed by atoms with E-state index >= 15 is 0 Å². The van der Waals surface area contributed by atoms with Gasteiger partial charge >= 0.3 is 0 Å². The molecule has 2 aromatic carbocycles. The zero-order valence-corrected chi connectivity index (χ0v) is 19.7. The minimum absolute atomic E-state index is 0.0810. The molecule has 33 heavy (non-hydrogen) atoms. The number of piperazine rings is 1. The second-order valence-corrected chi connectivity index (χ2v) is 10.5. The van der Waals surface area contributed by atoms with E-state index in [9.17, 15) is 13.2 Å². The lowest BCUT2D eigenvalue weighted by Gasteiger charge is -2.32. The minimum Gasteiger partial charge on any atom is -0.325 e. The summed E-state index contributed by atoms with van der Waals surface area (Å²) in [5.74, 6) is -0.0810. The van der Waals surface area contributed by atoms with Gasteiger partial charge in [-0.3, -0.25) is 14.6 Å². The summed E-state index contributed by atoms with van der Waals surface area (Å²) in [6.45, 7) is 5.35. The lowest BCUT2D eigenvalue weighted by Crippen LogP contribution is -2.49. The van der Waals surface area contributed by atoms with Crippen molar-refractivity contribution in [2.24, 2.45) is 0 Å². The fourth-order valence-electron chi connectivity index (χ4n) is 4.25. The number of nitrogens with zero attached hydrogens (tertiary/aromatic N) is 3. The first-order valence-electron chi connectivity index (χ1n) is 11.5. The number of rotatable bonds is 8. The Morgan fingerprint density at radius 1 is 0.848 bits per heavy atom. The van der Waals surface area contributed by atoms with Gasteiger partial charge in [-0.1, -0.05) is 42.5 Å². The smallest absolute Gasteiger partial charge is 0.238 e. The molecule has 8 heteroatoms. The van der Waals surface area contributed by atoms with Gasteiger partial charge in [-0.2, -0.15) is 4.31 Å². The largest absolute Gasteiger partial charge is 0.325 e. The maximum Gasteiger partial charge on any atom is 0.238 e. The van der Waals surface area contributed by atoms with Crippen LogP contribution in [0, 0.1) is 0 Å². The molecule has 0 bridgehead atoms. The molecule has 1 N–H and O–H groups in total. The highest BCUT2D eigenvalue weighted by molar-refractivity contribution is 7.92. The number of hydrogen-bond donors (Lipinski definition) is 1. The summed E-state index contributed by atoms with van der Waals surface area (Å²) in [6.07, 6.45) is 4.17. The first kappa shape index (κ1) is 23.6. The molecular weight excluding hydrogens is 436 g/mol. The normalized spacial score (nSPS) is 18.7. The molecule has 2 fully saturated rings. The summed E-state index contributed by atoms with van der Waals surface area (Å²) in [7, 11) is -3.47. The van der Waals surface area contributed by atoms with Crippen LogP contribution >= 0.6 is 0 Å². The van der Waals surface area contributed by atoms with E-state index in [2.05, 4.69) is 22.3 Å². The summed E-state index contributed by atoms with van der Waals surface area (Å²) in [5.41, 5.74) is 2.89. The molecule has 176 valence electrons. The Morgan fingerprint density at radius 2 is 1.52 bits per heavy atom. The number of likely N-dealkylation sites (tertiary alicyclic amines) is 1. The maximum atomic E-state index is 12.6. The van der Waals surface area contributed by atoms with Gasteiger partial charge in [-0.15, -0.1) is 0 Å². The van der Waals surface area contributed by atoms with Gasteiger partial charge in [0.05, 0.1) is 6.54 Å². The van der Waals surface area contributed by atoms with Crippen LogP contribution in [0.4, 0.5) is 5.69 Å². The van der Waals surface area contributed by atoms with E-state index in [-0.39, 0.29) is 12.5 Å². The third-order valence-electron chi connectivity index (χ3n) is 6.13. The highest BCUT2D eigenvalue weighted by Gasteiger charge is 2.26. The minimum atomic E-state index is -3.47. The van der Waals surface area contributed by atoms with E-state index < -0.39 is 10.0 Å². The lowest BCUT2D eigenvalue weighted by atomic mass is 10.2. The molecule has 0 aromatic heterocycles. The Bertz CT molecular complexity index is 1040. The van der Waals surface area contributed by atoms with Gasteiger partial charge in [-0.25, -0.2) is 8.42 Å². The molecule has 0 saturated carbocycles. The molecule has 2 aromatic rings. The van der Waals surface area contributed by atoms with Gasteiger partial charge in [0.15, 0.2) is 0 Å². The number of carbonyl (C=O) groups excluding carboxylic acids is 1. The highest BCUT2D eigenvalue weighted by Crippen LogP contribution is 2.16. The molecular formula is C25H32N4O3S. The zero-order chi connectivity index (χ0) is 23.1. The van der Waals surface area contributed by atoms with E-state index in [1.165, 1.54) is 28.1 Å². The van der Waals surface area contributed by atoms with E-state index in [4.69, 9.17) is 0 Å². The second-order valence-electron chi connectivity index (χ2n) is 8.66. The van der Waals surface area contributed by atoms with Gasteiger partial charge in [0, 0.05) is 43.8 Å². The average molecular weight is 469 g/mol. The van der Waals surface area contributed by atoms with E-state index in [1.54, 1.807) is 6.08 Å². The van der Waals surface area contributed by atoms with Gasteiger partial charge in [0.25, 0.3) is 0 Å². The van der Waals surface area contributed by atoms with Crippen LogP contribution < -0.4 is 5.32 Å². The topological polar surface area (TPSA) is 73.0 Å². The Morgan fingerprint density at radius 3 is 2.18 bits per heavy atom. The molecule has 0 atom stereocenters. The molecule has 0 unspecified atom stereocenters. The fraction of sp³-hybridized carbons (Fsp3) is 0.400. The first-order valence-corrected chi connectivity index (χ1v) is 13.0. The Kier molecular flexibility index (Phi) is 7.93. The molecule has 1 amide bonds. The predicted molar refractivity (Wildman–Crippen MR) is 132 cm³/mol. The van der Waals surface area contributed by atoms with E-state index in [0.717, 1.165) is 30.9 Å². The van der Waals surface area contributed by atoms with Crippen LogP contribution in [0.1, 0.15) is 24.0 Å². The van der Waals surface area contributed by atoms with Crippen molar-refractivity contribution >= 4 is 27.7 Å². The number of anilines is 1. The lowest BCUT2D eigenvalue weighted by molar-refractivity contribution is -0.117. The number of amides is 1. The highest BCUT2D eigenvalue weighted by atomic mass is 32.2. The van der Waals surface area contributed by atoms with Crippen molar-refractivity contribution in [3.8, 4) is 0 Å². The number of carbonyl (C=O) groups is 1. The molecule has 4 rings (SSSR count). The molecule has 7 nitrogen and oxygen atoms in total. The van der Waals surface area contributed by atoms with Crippen LogP contribution in [0.25, 0.3) is 6.08 Å². The SMILES string of the molecule is O=C(CN1CCN(S(=O)(=O)C=Cc2ccccc2)CC1)Nc1ccc(CN2CCCC2)cc1. The standard InChI is InChI=1S/C25H32N4O3S/c30-25(26-24-10-8-23(9-11-24)20-27-13-4-5-14-27)21-28-15-17-29(18-16-28)33(31,32)19-12-22-6-2-1-3-7-22/h1-3,6-12,19H,4-5,13-18,20-21H2,(H,26,30). The fourth-order valence-corrected chi connectivity index (χ4v) is 5.43. The van der Waals surface area contributed by atoms with Crippen molar-refractivity contribution < 1.29 is 13.2 Å². The van der Waals surface area contributed by atoms with Crippen molar-refractivity contribution in [1.29, 1.82) is 0 Å². The quantitative estimate of drug-likeness (QED) is 0.645. The maximum absolute atomic E-state index is 12.6. The van der Waals surface area contributed by atoms with E-state index in [1.807, 2.05) is 47.4 Å². The Hall–Kier alpha value is -2.52. The Labute approximate surface area is 196 Å². The summed E-state index contributed by atoms with van der Waals surface area (Å²) in [6, 6.07) is 17.4. The summed E-state index contributed by atoms with van der Waals surface area (Å²) in [4.78, 5) is 16.9. The van der Waals surface area contributed by atoms with Crippen molar-refractivity contribution in [3.63, 3.8) is 0 Å². The second kappa shape index (κ2) is 11.1. The van der Waals surface area contributed by atoms with Crippen molar-refractivity contribution in [2.75, 3.05) is 51.1 Å². The molecule has 0 radical (unpaired) electrons. The number of hydrogen-bond acceptors (Lipinski definition) is 5.